The number of nitrogens with zero attached hydrogens (tertiary/aromatic N) is 3. The predicted octanol–water partition coefficient (Wildman–Crippen LogP) is 5.03. The van der Waals surface area contributed by atoms with E-state index in [0.29, 0.717) is 5.15 Å². The molecule has 2 aliphatic heterocycles. The van der Waals surface area contributed by atoms with E-state index in [9.17, 15) is 0 Å². The van der Waals surface area contributed by atoms with Crippen molar-refractivity contribution in [3.63, 3.8) is 0 Å². The van der Waals surface area contributed by atoms with Crippen LogP contribution in [0.1, 0.15) is 25.7 Å². The van der Waals surface area contributed by atoms with Gasteiger partial charge in [-0.2, -0.15) is 0 Å². The quantitative estimate of drug-likeness (QED) is 0.615. The Labute approximate surface area is 169 Å². The summed E-state index contributed by atoms with van der Waals surface area (Å²) in [6.45, 7) is 3.23. The van der Waals surface area contributed by atoms with Gasteiger partial charge in [0.15, 0.2) is 0 Å². The average molecular weight is 395 g/mol. The van der Waals surface area contributed by atoms with Gasteiger partial charge in [-0.15, -0.1) is 0 Å². The summed E-state index contributed by atoms with van der Waals surface area (Å²) in [5, 5.41) is 5.94. The van der Waals surface area contributed by atoms with E-state index in [1.165, 1.54) is 38.8 Å². The monoisotopic (exact) mass is 394 g/mol. The van der Waals surface area contributed by atoms with Crippen molar-refractivity contribution in [2.75, 3.05) is 25.0 Å². The van der Waals surface area contributed by atoms with Gasteiger partial charge < -0.3 is 10.1 Å². The van der Waals surface area contributed by atoms with Crippen LogP contribution in [0, 0.1) is 0 Å². The van der Waals surface area contributed by atoms with Crippen LogP contribution in [0.5, 0.6) is 5.75 Å². The molecule has 2 saturated heterocycles. The molecule has 6 heteroatoms. The van der Waals surface area contributed by atoms with Crippen LogP contribution in [-0.2, 0) is 0 Å². The average Bonchev–Trinajstić information content (AvgIpc) is 3.28. The normalized spacial score (nSPS) is 18.3. The SMILES string of the molecule is Clc1ccc(Nc2nccc3cc(OCC45CCCN4CCC5)ccc23)cn1. The fraction of sp³-hybridized carbons (Fsp3) is 0.364. The maximum Gasteiger partial charge on any atom is 0.138 e. The molecule has 0 spiro atoms. The predicted molar refractivity (Wildman–Crippen MR) is 113 cm³/mol. The molecule has 2 aromatic heterocycles. The molecule has 0 radical (unpaired) electrons. The lowest BCUT2D eigenvalue weighted by molar-refractivity contribution is 0.114. The first-order valence-corrected chi connectivity index (χ1v) is 10.2. The topological polar surface area (TPSA) is 50.3 Å². The van der Waals surface area contributed by atoms with Crippen molar-refractivity contribution in [2.24, 2.45) is 0 Å². The molecule has 1 aromatic carbocycles. The summed E-state index contributed by atoms with van der Waals surface area (Å²) in [7, 11) is 0. The zero-order valence-electron chi connectivity index (χ0n) is 15.7. The molecule has 0 bridgehead atoms. The minimum Gasteiger partial charge on any atom is -0.492 e. The highest BCUT2D eigenvalue weighted by Crippen LogP contribution is 2.39. The van der Waals surface area contributed by atoms with Gasteiger partial charge in [0.2, 0.25) is 0 Å². The summed E-state index contributed by atoms with van der Waals surface area (Å²) in [6.07, 6.45) is 8.62. The highest BCUT2D eigenvalue weighted by Gasteiger charge is 2.44. The van der Waals surface area contributed by atoms with Crippen molar-refractivity contribution in [3.05, 3.63) is 53.9 Å². The molecule has 4 heterocycles. The second-order valence-electron chi connectivity index (χ2n) is 7.74. The number of hydrogen-bond acceptors (Lipinski definition) is 5. The van der Waals surface area contributed by atoms with E-state index in [1.807, 2.05) is 24.4 Å². The first-order chi connectivity index (χ1) is 13.7. The molecule has 144 valence electrons. The maximum atomic E-state index is 6.27. The molecule has 0 amide bonds. The van der Waals surface area contributed by atoms with E-state index in [1.54, 1.807) is 12.3 Å². The molecule has 5 rings (SSSR count). The highest BCUT2D eigenvalue weighted by molar-refractivity contribution is 6.29. The van der Waals surface area contributed by atoms with Gasteiger partial charge in [-0.25, -0.2) is 9.97 Å². The van der Waals surface area contributed by atoms with Gasteiger partial charge in [0.05, 0.1) is 17.4 Å². The number of rotatable bonds is 5. The van der Waals surface area contributed by atoms with Crippen LogP contribution in [0.15, 0.2) is 48.8 Å². The van der Waals surface area contributed by atoms with Crippen LogP contribution < -0.4 is 10.1 Å². The Morgan fingerprint density at radius 2 is 1.93 bits per heavy atom. The number of pyridine rings is 2. The van der Waals surface area contributed by atoms with Crippen LogP contribution >= 0.6 is 11.6 Å². The van der Waals surface area contributed by atoms with Gasteiger partial charge >= 0.3 is 0 Å². The molecule has 2 fully saturated rings. The molecular weight excluding hydrogens is 372 g/mol. The van der Waals surface area contributed by atoms with E-state index >= 15 is 0 Å². The molecule has 2 aliphatic rings. The third-order valence-corrected chi connectivity index (χ3v) is 6.27. The summed E-state index contributed by atoms with van der Waals surface area (Å²) in [6, 6.07) is 11.9. The zero-order valence-corrected chi connectivity index (χ0v) is 16.5. The van der Waals surface area contributed by atoms with E-state index in [-0.39, 0.29) is 5.54 Å². The van der Waals surface area contributed by atoms with Crippen LogP contribution in [-0.4, -0.2) is 40.1 Å². The number of ether oxygens (including phenoxy) is 1. The first kappa shape index (κ1) is 17.7. The standard InChI is InChI=1S/C22H23ClN4O/c23-20-6-3-17(14-25-20)26-21-19-5-4-18(13-16(19)7-10-24-21)28-15-22-8-1-11-27(22)12-2-9-22/h3-7,10,13-14H,1-2,8-9,11-12,15H2,(H,24,26). The lowest BCUT2D eigenvalue weighted by atomic mass is 9.95. The Bertz CT molecular complexity index is 981. The van der Waals surface area contributed by atoms with Gasteiger partial charge in [0, 0.05) is 11.6 Å². The van der Waals surface area contributed by atoms with Gasteiger partial charge in [-0.3, -0.25) is 4.90 Å². The second kappa shape index (κ2) is 7.22. The Hall–Kier alpha value is -2.37. The third kappa shape index (κ3) is 3.29. The molecular formula is C22H23ClN4O. The maximum absolute atomic E-state index is 6.27. The molecule has 1 N–H and O–H groups in total. The smallest absolute Gasteiger partial charge is 0.138 e. The number of halogens is 1. The van der Waals surface area contributed by atoms with Crippen molar-refractivity contribution in [2.45, 2.75) is 31.2 Å². The van der Waals surface area contributed by atoms with Crippen LogP contribution in [0.25, 0.3) is 10.8 Å². The van der Waals surface area contributed by atoms with Crippen LogP contribution in [0.2, 0.25) is 5.15 Å². The van der Waals surface area contributed by atoms with Crippen molar-refractivity contribution < 1.29 is 4.74 Å². The van der Waals surface area contributed by atoms with Gasteiger partial charge in [-0.1, -0.05) is 11.6 Å². The first-order valence-electron chi connectivity index (χ1n) is 9.87. The van der Waals surface area contributed by atoms with Crippen molar-refractivity contribution >= 4 is 33.9 Å². The highest BCUT2D eigenvalue weighted by atomic mass is 35.5. The van der Waals surface area contributed by atoms with Crippen LogP contribution in [0.3, 0.4) is 0 Å². The second-order valence-corrected chi connectivity index (χ2v) is 8.13. The zero-order chi connectivity index (χ0) is 19.0. The Morgan fingerprint density at radius 3 is 2.71 bits per heavy atom. The Kier molecular flexibility index (Phi) is 4.57. The third-order valence-electron chi connectivity index (χ3n) is 6.04. The lowest BCUT2D eigenvalue weighted by Crippen LogP contribution is -2.43. The van der Waals surface area contributed by atoms with Gasteiger partial charge in [-0.05, 0) is 80.6 Å². The Balaban J connectivity index is 1.35. The Morgan fingerprint density at radius 1 is 1.07 bits per heavy atom. The van der Waals surface area contributed by atoms with Crippen LogP contribution in [0.4, 0.5) is 11.5 Å². The number of fused-ring (bicyclic) bond motifs is 2. The molecule has 0 unspecified atom stereocenters. The van der Waals surface area contributed by atoms with E-state index < -0.39 is 0 Å². The molecule has 28 heavy (non-hydrogen) atoms. The minimum atomic E-state index is 0.265. The van der Waals surface area contributed by atoms with Gasteiger partial charge in [0.1, 0.15) is 23.3 Å². The fourth-order valence-electron chi connectivity index (χ4n) is 4.61. The van der Waals surface area contributed by atoms with E-state index in [0.717, 1.165) is 34.6 Å². The number of nitrogens with one attached hydrogen (secondary N) is 1. The van der Waals surface area contributed by atoms with Crippen molar-refractivity contribution in [3.8, 4) is 5.75 Å². The van der Waals surface area contributed by atoms with E-state index in [2.05, 4.69) is 32.3 Å². The summed E-state index contributed by atoms with van der Waals surface area (Å²) in [4.78, 5) is 11.2. The largest absolute Gasteiger partial charge is 0.492 e. The van der Waals surface area contributed by atoms with Crippen molar-refractivity contribution in [1.82, 2.24) is 14.9 Å². The fourth-order valence-corrected chi connectivity index (χ4v) is 4.72. The van der Waals surface area contributed by atoms with Crippen molar-refractivity contribution in [1.29, 1.82) is 0 Å². The molecule has 0 aliphatic carbocycles. The number of benzene rings is 1. The summed E-state index contributed by atoms with van der Waals surface area (Å²) in [5.41, 5.74) is 1.12. The summed E-state index contributed by atoms with van der Waals surface area (Å²) in [5.74, 6) is 1.72. The molecule has 5 nitrogen and oxygen atoms in total. The minimum absolute atomic E-state index is 0.265. The lowest BCUT2D eigenvalue weighted by Gasteiger charge is -2.31. The molecule has 0 saturated carbocycles. The van der Waals surface area contributed by atoms with E-state index in [4.69, 9.17) is 16.3 Å². The number of anilines is 2. The number of aromatic nitrogens is 2. The molecule has 3 aromatic rings. The number of hydrogen-bond donors (Lipinski definition) is 1. The summed E-state index contributed by atoms with van der Waals surface area (Å²) >= 11 is 5.87. The summed E-state index contributed by atoms with van der Waals surface area (Å²) < 4.78 is 6.27. The van der Waals surface area contributed by atoms with Gasteiger partial charge in [0.25, 0.3) is 0 Å². The molecule has 0 atom stereocenters.